The SMILES string of the molecule is CN1C(=O)C[C@H](C(=O)Nc2c3c(nn2C)CSC3)[C@@H]1c1ccccc1. The number of rotatable bonds is 3. The predicted octanol–water partition coefficient (Wildman–Crippen LogP) is 2.33. The Kier molecular flexibility index (Phi) is 4.03. The van der Waals surface area contributed by atoms with Crippen LogP contribution in [0.4, 0.5) is 5.82 Å². The Morgan fingerprint density at radius 2 is 2.00 bits per heavy atom. The van der Waals surface area contributed by atoms with Gasteiger partial charge in [-0.25, -0.2) is 0 Å². The van der Waals surface area contributed by atoms with E-state index < -0.39 is 5.92 Å². The number of aryl methyl sites for hydroxylation is 1. The molecule has 2 amide bonds. The highest BCUT2D eigenvalue weighted by Gasteiger charge is 2.43. The Morgan fingerprint density at radius 1 is 1.24 bits per heavy atom. The van der Waals surface area contributed by atoms with E-state index in [0.29, 0.717) is 0 Å². The summed E-state index contributed by atoms with van der Waals surface area (Å²) in [5, 5.41) is 7.52. The van der Waals surface area contributed by atoms with E-state index in [-0.39, 0.29) is 24.3 Å². The van der Waals surface area contributed by atoms with Crippen LogP contribution in [0.2, 0.25) is 0 Å². The lowest BCUT2D eigenvalue weighted by Crippen LogP contribution is -2.30. The molecule has 0 saturated carbocycles. The van der Waals surface area contributed by atoms with Crippen LogP contribution >= 0.6 is 11.8 Å². The molecule has 0 spiro atoms. The maximum Gasteiger partial charge on any atom is 0.231 e. The quantitative estimate of drug-likeness (QED) is 0.917. The maximum atomic E-state index is 13.0. The highest BCUT2D eigenvalue weighted by molar-refractivity contribution is 7.98. The number of hydrogen-bond donors (Lipinski definition) is 1. The standard InChI is InChI=1S/C18H20N4O2S/c1-21-15(23)8-12(16(21)11-6-4-3-5-7-11)18(24)19-17-13-9-25-10-14(13)20-22(17)2/h3-7,12,16H,8-10H2,1-2H3,(H,19,24)/t12-,16-/m0/s1. The number of nitrogens with zero attached hydrogens (tertiary/aromatic N) is 3. The van der Waals surface area contributed by atoms with E-state index in [1.54, 1.807) is 28.4 Å². The molecule has 0 aliphatic carbocycles. The van der Waals surface area contributed by atoms with E-state index in [0.717, 1.165) is 34.1 Å². The highest BCUT2D eigenvalue weighted by Crippen LogP contribution is 2.39. The van der Waals surface area contributed by atoms with E-state index in [1.807, 2.05) is 37.4 Å². The Labute approximate surface area is 150 Å². The van der Waals surface area contributed by atoms with Crippen molar-refractivity contribution in [1.82, 2.24) is 14.7 Å². The van der Waals surface area contributed by atoms with Crippen LogP contribution in [-0.2, 0) is 28.1 Å². The van der Waals surface area contributed by atoms with Crippen LogP contribution in [0.15, 0.2) is 30.3 Å². The molecule has 2 atom stereocenters. The zero-order valence-corrected chi connectivity index (χ0v) is 15.0. The van der Waals surface area contributed by atoms with Crippen molar-refractivity contribution in [2.24, 2.45) is 13.0 Å². The Bertz CT molecular complexity index is 833. The molecule has 1 fully saturated rings. The second kappa shape index (κ2) is 6.22. The lowest BCUT2D eigenvalue weighted by Gasteiger charge is -2.25. The molecular formula is C18H20N4O2S. The molecule has 4 rings (SSSR count). The zero-order chi connectivity index (χ0) is 17.6. The summed E-state index contributed by atoms with van der Waals surface area (Å²) in [6, 6.07) is 9.52. The fourth-order valence-corrected chi connectivity index (χ4v) is 4.75. The van der Waals surface area contributed by atoms with Crippen molar-refractivity contribution in [2.75, 3.05) is 12.4 Å². The van der Waals surface area contributed by atoms with E-state index in [4.69, 9.17) is 0 Å². The Morgan fingerprint density at radius 3 is 2.76 bits per heavy atom. The third-order valence-corrected chi connectivity index (χ3v) is 5.99. The van der Waals surface area contributed by atoms with Crippen molar-refractivity contribution in [3.63, 3.8) is 0 Å². The number of amides is 2. The molecule has 6 nitrogen and oxygen atoms in total. The van der Waals surface area contributed by atoms with Gasteiger partial charge in [-0.1, -0.05) is 30.3 Å². The van der Waals surface area contributed by atoms with Crippen molar-refractivity contribution in [1.29, 1.82) is 0 Å². The number of benzene rings is 1. The molecule has 2 aromatic rings. The number of carbonyl (C=O) groups excluding carboxylic acids is 2. The molecule has 0 unspecified atom stereocenters. The summed E-state index contributed by atoms with van der Waals surface area (Å²) in [5.41, 5.74) is 3.14. The molecule has 0 bridgehead atoms. The fraction of sp³-hybridized carbons (Fsp3) is 0.389. The van der Waals surface area contributed by atoms with Crippen LogP contribution in [0.5, 0.6) is 0 Å². The minimum atomic E-state index is -0.403. The number of likely N-dealkylation sites (tertiary alicyclic amines) is 1. The Hall–Kier alpha value is -2.28. The van der Waals surface area contributed by atoms with Crippen molar-refractivity contribution in [3.05, 3.63) is 47.2 Å². The average molecular weight is 356 g/mol. The third kappa shape index (κ3) is 2.72. The van der Waals surface area contributed by atoms with Crippen LogP contribution < -0.4 is 5.32 Å². The van der Waals surface area contributed by atoms with Gasteiger partial charge in [0.2, 0.25) is 11.8 Å². The van der Waals surface area contributed by atoms with Gasteiger partial charge in [0, 0.05) is 37.6 Å². The summed E-state index contributed by atoms with van der Waals surface area (Å²) in [6.07, 6.45) is 0.233. The molecule has 1 N–H and O–H groups in total. The normalized spacial score (nSPS) is 22.3. The second-order valence-corrected chi connectivity index (χ2v) is 7.54. The molecule has 0 radical (unpaired) electrons. The van der Waals surface area contributed by atoms with Gasteiger partial charge in [0.1, 0.15) is 5.82 Å². The number of anilines is 1. The van der Waals surface area contributed by atoms with Gasteiger partial charge in [-0.3, -0.25) is 14.3 Å². The summed E-state index contributed by atoms with van der Waals surface area (Å²) in [4.78, 5) is 26.9. The molecule has 3 heterocycles. The number of hydrogen-bond acceptors (Lipinski definition) is 4. The van der Waals surface area contributed by atoms with Gasteiger partial charge in [-0.05, 0) is 5.56 Å². The first-order valence-corrected chi connectivity index (χ1v) is 9.45. The second-order valence-electron chi connectivity index (χ2n) is 6.55. The molecule has 1 saturated heterocycles. The average Bonchev–Trinajstić information content (AvgIpc) is 3.25. The largest absolute Gasteiger partial charge is 0.338 e. The van der Waals surface area contributed by atoms with Crippen LogP contribution in [0.25, 0.3) is 0 Å². The minimum Gasteiger partial charge on any atom is -0.338 e. The molecule has 7 heteroatoms. The predicted molar refractivity (Wildman–Crippen MR) is 96.9 cm³/mol. The van der Waals surface area contributed by atoms with E-state index in [9.17, 15) is 9.59 Å². The van der Waals surface area contributed by atoms with Crippen LogP contribution in [-0.4, -0.2) is 33.5 Å². The molecule has 1 aromatic heterocycles. The number of aromatic nitrogens is 2. The van der Waals surface area contributed by atoms with Gasteiger partial charge in [0.15, 0.2) is 0 Å². The van der Waals surface area contributed by atoms with Crippen LogP contribution in [0, 0.1) is 5.92 Å². The Balaban J connectivity index is 1.62. The topological polar surface area (TPSA) is 67.2 Å². The first-order chi connectivity index (χ1) is 12.1. The van der Waals surface area contributed by atoms with Gasteiger partial charge >= 0.3 is 0 Å². The summed E-state index contributed by atoms with van der Waals surface area (Å²) < 4.78 is 1.74. The monoisotopic (exact) mass is 356 g/mol. The zero-order valence-electron chi connectivity index (χ0n) is 14.2. The van der Waals surface area contributed by atoms with E-state index in [2.05, 4.69) is 10.4 Å². The van der Waals surface area contributed by atoms with Crippen molar-refractivity contribution in [3.8, 4) is 0 Å². The summed E-state index contributed by atoms with van der Waals surface area (Å²) in [6.45, 7) is 0. The molecule has 130 valence electrons. The van der Waals surface area contributed by atoms with Gasteiger partial charge < -0.3 is 10.2 Å². The molecular weight excluding hydrogens is 336 g/mol. The van der Waals surface area contributed by atoms with Crippen molar-refractivity contribution >= 4 is 29.4 Å². The summed E-state index contributed by atoms with van der Waals surface area (Å²) >= 11 is 1.80. The molecule has 1 aromatic carbocycles. The first kappa shape index (κ1) is 16.2. The number of fused-ring (bicyclic) bond motifs is 1. The van der Waals surface area contributed by atoms with Gasteiger partial charge in [-0.2, -0.15) is 16.9 Å². The van der Waals surface area contributed by atoms with Crippen LogP contribution in [0.1, 0.15) is 29.3 Å². The number of nitrogens with one attached hydrogen (secondary N) is 1. The highest BCUT2D eigenvalue weighted by atomic mass is 32.2. The molecule has 2 aliphatic rings. The lowest BCUT2D eigenvalue weighted by molar-refractivity contribution is -0.127. The van der Waals surface area contributed by atoms with Crippen LogP contribution in [0.3, 0.4) is 0 Å². The lowest BCUT2D eigenvalue weighted by atomic mass is 9.93. The molecule has 25 heavy (non-hydrogen) atoms. The number of carbonyl (C=O) groups is 2. The first-order valence-electron chi connectivity index (χ1n) is 8.30. The molecule has 2 aliphatic heterocycles. The minimum absolute atomic E-state index is 0.000191. The van der Waals surface area contributed by atoms with Crippen molar-refractivity contribution in [2.45, 2.75) is 24.0 Å². The number of thioether (sulfide) groups is 1. The van der Waals surface area contributed by atoms with E-state index in [1.165, 1.54) is 0 Å². The van der Waals surface area contributed by atoms with Gasteiger partial charge in [0.25, 0.3) is 0 Å². The summed E-state index contributed by atoms with van der Waals surface area (Å²) in [7, 11) is 3.62. The fourth-order valence-electron chi connectivity index (χ4n) is 3.72. The van der Waals surface area contributed by atoms with E-state index >= 15 is 0 Å². The van der Waals surface area contributed by atoms with Crippen molar-refractivity contribution < 1.29 is 9.59 Å². The van der Waals surface area contributed by atoms with Gasteiger partial charge in [-0.15, -0.1) is 0 Å². The smallest absolute Gasteiger partial charge is 0.231 e. The van der Waals surface area contributed by atoms with Gasteiger partial charge in [0.05, 0.1) is 17.7 Å². The maximum absolute atomic E-state index is 13.0. The summed E-state index contributed by atoms with van der Waals surface area (Å²) in [5.74, 6) is 1.99. The third-order valence-electron chi connectivity index (χ3n) is 5.02.